The third-order valence-electron chi connectivity index (χ3n) is 2.73. The van der Waals surface area contributed by atoms with Gasteiger partial charge in [-0.2, -0.15) is 0 Å². The Morgan fingerprint density at radius 3 is 2.67 bits per heavy atom. The first-order valence-corrected chi connectivity index (χ1v) is 6.19. The van der Waals surface area contributed by atoms with Crippen LogP contribution in [-0.2, 0) is 9.53 Å². The predicted molar refractivity (Wildman–Crippen MR) is 72.0 cm³/mol. The second-order valence-electron chi connectivity index (χ2n) is 4.59. The van der Waals surface area contributed by atoms with Crippen LogP contribution in [0.3, 0.4) is 0 Å². The van der Waals surface area contributed by atoms with Gasteiger partial charge in [-0.3, -0.25) is 4.79 Å². The first kappa shape index (κ1) is 14.7. The standard InChI is InChI=1S/C14H22N2O2/c1-11(10-18-2)9-16-14(17)8-13(15)12-6-4-3-5-7-12/h3-7,11,13H,8-10,15H2,1-2H3,(H,16,17). The Kier molecular flexibility index (Phi) is 6.39. The second-order valence-corrected chi connectivity index (χ2v) is 4.59. The maximum absolute atomic E-state index is 11.7. The smallest absolute Gasteiger partial charge is 0.221 e. The van der Waals surface area contributed by atoms with Crippen LogP contribution in [0.5, 0.6) is 0 Å². The van der Waals surface area contributed by atoms with Gasteiger partial charge in [0.2, 0.25) is 5.91 Å². The average molecular weight is 250 g/mol. The van der Waals surface area contributed by atoms with E-state index in [9.17, 15) is 4.79 Å². The third-order valence-corrected chi connectivity index (χ3v) is 2.73. The summed E-state index contributed by atoms with van der Waals surface area (Å²) in [4.78, 5) is 11.7. The van der Waals surface area contributed by atoms with E-state index in [0.717, 1.165) is 5.56 Å². The number of amides is 1. The third kappa shape index (κ3) is 5.29. The summed E-state index contributed by atoms with van der Waals surface area (Å²) in [6, 6.07) is 9.41. The Morgan fingerprint density at radius 2 is 2.06 bits per heavy atom. The molecule has 0 radical (unpaired) electrons. The zero-order valence-electron chi connectivity index (χ0n) is 11.1. The second kappa shape index (κ2) is 7.84. The average Bonchev–Trinajstić information content (AvgIpc) is 2.38. The van der Waals surface area contributed by atoms with Crippen molar-refractivity contribution in [3.63, 3.8) is 0 Å². The van der Waals surface area contributed by atoms with E-state index in [1.807, 2.05) is 37.3 Å². The molecule has 100 valence electrons. The molecular formula is C14H22N2O2. The van der Waals surface area contributed by atoms with Gasteiger partial charge < -0.3 is 15.8 Å². The van der Waals surface area contributed by atoms with Crippen molar-refractivity contribution < 1.29 is 9.53 Å². The van der Waals surface area contributed by atoms with Crippen molar-refractivity contribution in [2.75, 3.05) is 20.3 Å². The number of nitrogens with two attached hydrogens (primary N) is 1. The van der Waals surface area contributed by atoms with E-state index in [1.165, 1.54) is 0 Å². The molecule has 1 rings (SSSR count). The van der Waals surface area contributed by atoms with Crippen molar-refractivity contribution in [1.29, 1.82) is 0 Å². The molecule has 0 aliphatic carbocycles. The van der Waals surface area contributed by atoms with Gasteiger partial charge in [-0.1, -0.05) is 37.3 Å². The number of hydrogen-bond acceptors (Lipinski definition) is 3. The number of carbonyl (C=O) groups excluding carboxylic acids is 1. The van der Waals surface area contributed by atoms with Crippen LogP contribution >= 0.6 is 0 Å². The Hall–Kier alpha value is -1.39. The number of methoxy groups -OCH3 is 1. The molecule has 0 aromatic heterocycles. The number of hydrogen-bond donors (Lipinski definition) is 2. The minimum absolute atomic E-state index is 0.0192. The lowest BCUT2D eigenvalue weighted by atomic mass is 10.0. The van der Waals surface area contributed by atoms with Crippen molar-refractivity contribution in [3.05, 3.63) is 35.9 Å². The van der Waals surface area contributed by atoms with Gasteiger partial charge in [-0.05, 0) is 11.5 Å². The molecule has 0 spiro atoms. The molecule has 0 saturated carbocycles. The predicted octanol–water partition coefficient (Wildman–Crippen LogP) is 1.48. The normalized spacial score (nSPS) is 13.9. The van der Waals surface area contributed by atoms with Gasteiger partial charge in [0.25, 0.3) is 0 Å². The Balaban J connectivity index is 2.32. The lowest BCUT2D eigenvalue weighted by molar-refractivity contribution is -0.121. The van der Waals surface area contributed by atoms with Crippen LogP contribution < -0.4 is 11.1 Å². The van der Waals surface area contributed by atoms with Gasteiger partial charge in [0.1, 0.15) is 0 Å². The first-order chi connectivity index (χ1) is 8.63. The topological polar surface area (TPSA) is 64.3 Å². The molecule has 1 aromatic rings. The summed E-state index contributed by atoms with van der Waals surface area (Å²) in [6.07, 6.45) is 0.309. The maximum atomic E-state index is 11.7. The van der Waals surface area contributed by atoms with Gasteiger partial charge in [0.05, 0.1) is 6.61 Å². The molecule has 0 heterocycles. The van der Waals surface area contributed by atoms with Crippen LogP contribution in [0.15, 0.2) is 30.3 Å². The Labute approximate surface area is 109 Å². The van der Waals surface area contributed by atoms with Crippen molar-refractivity contribution >= 4 is 5.91 Å². The van der Waals surface area contributed by atoms with E-state index in [2.05, 4.69) is 5.32 Å². The molecule has 3 N–H and O–H groups in total. The number of nitrogens with one attached hydrogen (secondary N) is 1. The van der Waals surface area contributed by atoms with Crippen molar-refractivity contribution in [1.82, 2.24) is 5.32 Å². The van der Waals surface area contributed by atoms with E-state index in [0.29, 0.717) is 25.5 Å². The monoisotopic (exact) mass is 250 g/mol. The molecular weight excluding hydrogens is 228 g/mol. The molecule has 0 bridgehead atoms. The van der Waals surface area contributed by atoms with E-state index in [1.54, 1.807) is 7.11 Å². The van der Waals surface area contributed by atoms with Gasteiger partial charge >= 0.3 is 0 Å². The minimum Gasteiger partial charge on any atom is -0.384 e. The molecule has 1 amide bonds. The lowest BCUT2D eigenvalue weighted by Crippen LogP contribution is -2.32. The molecule has 2 atom stereocenters. The summed E-state index contributed by atoms with van der Waals surface area (Å²) >= 11 is 0. The highest BCUT2D eigenvalue weighted by molar-refractivity contribution is 5.76. The molecule has 1 aromatic carbocycles. The van der Waals surface area contributed by atoms with Crippen molar-refractivity contribution in [3.8, 4) is 0 Å². The van der Waals surface area contributed by atoms with Crippen LogP contribution in [0.2, 0.25) is 0 Å². The van der Waals surface area contributed by atoms with Crippen molar-refractivity contribution in [2.24, 2.45) is 11.7 Å². The molecule has 0 aliphatic rings. The summed E-state index contributed by atoms with van der Waals surface area (Å²) in [5.74, 6) is 0.293. The van der Waals surface area contributed by atoms with Crippen molar-refractivity contribution in [2.45, 2.75) is 19.4 Å². The lowest BCUT2D eigenvalue weighted by Gasteiger charge is -2.14. The largest absolute Gasteiger partial charge is 0.384 e. The number of ether oxygens (including phenoxy) is 1. The number of rotatable bonds is 7. The fourth-order valence-corrected chi connectivity index (χ4v) is 1.72. The number of carbonyl (C=O) groups is 1. The molecule has 4 heteroatoms. The summed E-state index contributed by atoms with van der Waals surface area (Å²) in [5.41, 5.74) is 6.96. The summed E-state index contributed by atoms with van der Waals surface area (Å²) in [5, 5.41) is 2.87. The molecule has 18 heavy (non-hydrogen) atoms. The molecule has 2 unspecified atom stereocenters. The van der Waals surface area contributed by atoms with Gasteiger partial charge in [0, 0.05) is 26.1 Å². The van der Waals surface area contributed by atoms with Gasteiger partial charge in [0.15, 0.2) is 0 Å². The molecule has 4 nitrogen and oxygen atoms in total. The van der Waals surface area contributed by atoms with Crippen LogP contribution in [0.4, 0.5) is 0 Å². The Morgan fingerprint density at radius 1 is 1.39 bits per heavy atom. The van der Waals surface area contributed by atoms with Crippen LogP contribution in [0, 0.1) is 5.92 Å². The Bertz CT molecular complexity index is 354. The van der Waals surface area contributed by atoms with E-state index >= 15 is 0 Å². The fraction of sp³-hybridized carbons (Fsp3) is 0.500. The van der Waals surface area contributed by atoms with Crippen LogP contribution in [0.1, 0.15) is 24.9 Å². The zero-order chi connectivity index (χ0) is 13.4. The minimum atomic E-state index is -0.246. The van der Waals surface area contributed by atoms with Crippen LogP contribution in [0.25, 0.3) is 0 Å². The van der Waals surface area contributed by atoms with E-state index < -0.39 is 0 Å². The summed E-state index contributed by atoms with van der Waals surface area (Å²) in [7, 11) is 1.66. The fourth-order valence-electron chi connectivity index (χ4n) is 1.72. The summed E-state index contributed by atoms with van der Waals surface area (Å²) in [6.45, 7) is 3.29. The maximum Gasteiger partial charge on any atom is 0.221 e. The number of benzene rings is 1. The zero-order valence-corrected chi connectivity index (χ0v) is 11.1. The summed E-state index contributed by atoms with van der Waals surface area (Å²) < 4.78 is 5.01. The quantitative estimate of drug-likeness (QED) is 0.770. The SMILES string of the molecule is COCC(C)CNC(=O)CC(N)c1ccccc1. The highest BCUT2D eigenvalue weighted by Gasteiger charge is 2.11. The van der Waals surface area contributed by atoms with E-state index in [4.69, 9.17) is 10.5 Å². The molecule has 0 fully saturated rings. The molecule has 0 saturated heterocycles. The highest BCUT2D eigenvalue weighted by atomic mass is 16.5. The first-order valence-electron chi connectivity index (χ1n) is 6.19. The van der Waals surface area contributed by atoms with Gasteiger partial charge in [-0.25, -0.2) is 0 Å². The van der Waals surface area contributed by atoms with E-state index in [-0.39, 0.29) is 11.9 Å². The van der Waals surface area contributed by atoms with Crippen LogP contribution in [-0.4, -0.2) is 26.2 Å². The van der Waals surface area contributed by atoms with Gasteiger partial charge in [-0.15, -0.1) is 0 Å². The highest BCUT2D eigenvalue weighted by Crippen LogP contribution is 2.12. The molecule has 0 aliphatic heterocycles.